The molecule has 0 aliphatic carbocycles. The number of carbonyl (C=O) groups excluding carboxylic acids is 2. The Morgan fingerprint density at radius 2 is 0.626 bits per heavy atom. The quantitative estimate of drug-likeness (QED) is 0.0211. The van der Waals surface area contributed by atoms with E-state index in [9.17, 15) is 19.5 Å². The van der Waals surface area contributed by atoms with E-state index < -0.39 is 24.3 Å². The number of hydrogen-bond acceptors (Lipinski definition) is 7. The molecule has 91 heavy (non-hydrogen) atoms. The number of allylic oxidation sites excluding steroid dienone is 16. The van der Waals surface area contributed by atoms with Crippen LogP contribution in [0.2, 0.25) is 0 Å². The monoisotopic (exact) mass is 1270 g/mol. The van der Waals surface area contributed by atoms with Crippen LogP contribution in [-0.2, 0) is 33.3 Å². The first-order chi connectivity index (χ1) is 44.6. The molecule has 9 heteroatoms. The lowest BCUT2D eigenvalue weighted by atomic mass is 10.0. The van der Waals surface area contributed by atoms with Crippen molar-refractivity contribution in [3.05, 3.63) is 97.2 Å². The van der Waals surface area contributed by atoms with Gasteiger partial charge in [-0.2, -0.15) is 0 Å². The minimum absolute atomic E-state index is 0.181. The Kier molecular flexibility index (Phi) is 69.0. The Balaban J connectivity index is 4.05. The van der Waals surface area contributed by atoms with E-state index in [-0.39, 0.29) is 32.2 Å². The first-order valence-electron chi connectivity index (χ1n) is 38.4. The van der Waals surface area contributed by atoms with Crippen molar-refractivity contribution in [3.8, 4) is 0 Å². The van der Waals surface area contributed by atoms with Crippen LogP contribution in [0, 0.1) is 0 Å². The molecule has 0 aliphatic heterocycles. The van der Waals surface area contributed by atoms with Crippen molar-refractivity contribution in [2.75, 3.05) is 47.5 Å². The largest absolute Gasteiger partial charge is 0.477 e. The average Bonchev–Trinajstić information content (AvgIpc) is 3.50. The molecule has 0 saturated heterocycles. The van der Waals surface area contributed by atoms with Gasteiger partial charge in [0.05, 0.1) is 34.4 Å². The molecule has 0 aromatic heterocycles. The number of nitrogens with zero attached hydrogens (tertiary/aromatic N) is 1. The second-order valence-corrected chi connectivity index (χ2v) is 26.9. The highest BCUT2D eigenvalue weighted by atomic mass is 16.7. The molecule has 526 valence electrons. The van der Waals surface area contributed by atoms with Crippen LogP contribution in [-0.4, -0.2) is 87.4 Å². The third kappa shape index (κ3) is 73.5. The molecule has 0 spiro atoms. The van der Waals surface area contributed by atoms with Crippen LogP contribution in [0.5, 0.6) is 0 Å². The van der Waals surface area contributed by atoms with E-state index in [1.54, 1.807) is 0 Å². The van der Waals surface area contributed by atoms with Gasteiger partial charge < -0.3 is 28.5 Å². The summed E-state index contributed by atoms with van der Waals surface area (Å²) in [6.45, 7) is 4.81. The maximum Gasteiger partial charge on any atom is 0.361 e. The zero-order chi connectivity index (χ0) is 66.1. The topological polar surface area (TPSA) is 108 Å². The zero-order valence-electron chi connectivity index (χ0n) is 60.2. The highest BCUT2D eigenvalue weighted by molar-refractivity contribution is 5.71. The van der Waals surface area contributed by atoms with Gasteiger partial charge in [0, 0.05) is 12.8 Å². The fourth-order valence-electron chi connectivity index (χ4n) is 11.0. The van der Waals surface area contributed by atoms with Crippen molar-refractivity contribution in [3.63, 3.8) is 0 Å². The smallest absolute Gasteiger partial charge is 0.361 e. The fraction of sp³-hybridized carbons (Fsp3) is 0.768. The summed E-state index contributed by atoms with van der Waals surface area (Å²) in [6.07, 6.45) is 96.8. The third-order valence-electron chi connectivity index (χ3n) is 16.8. The number of aliphatic carboxylic acids is 1. The maximum atomic E-state index is 13.0. The van der Waals surface area contributed by atoms with Gasteiger partial charge >= 0.3 is 17.9 Å². The standard InChI is InChI=1S/C82H145NO8/c1-6-8-10-12-14-16-18-20-22-24-26-28-30-32-34-36-37-38-39-40-41-42-43-45-47-49-51-53-55-57-59-61-63-65-67-69-71-73-80(85)91-78(77-90-82(81(86)87)88-75-74-83(3,4)5)76-89-79(84)72-70-68-66-64-62-60-58-56-54-52-50-48-46-44-35-33-31-29-27-25-23-21-19-17-15-13-11-9-7-2/h8,10,14,16,20,22,25-28,32,34,37-38,40-41,78,82H,6-7,9,11-13,15,17-19,21,23-24,29-31,33,35-36,39,42-77H2,1-5H3/p+1/b10-8-,16-14-,22-20-,27-25-,28-26-,34-32-,38-37-,41-40-. The van der Waals surface area contributed by atoms with E-state index in [1.807, 2.05) is 21.1 Å². The summed E-state index contributed by atoms with van der Waals surface area (Å²) in [6, 6.07) is 0. The highest BCUT2D eigenvalue weighted by Crippen LogP contribution is 2.18. The summed E-state index contributed by atoms with van der Waals surface area (Å²) in [4.78, 5) is 37.7. The normalized spacial score (nSPS) is 13.2. The molecule has 0 heterocycles. The molecule has 0 saturated carbocycles. The Morgan fingerprint density at radius 1 is 0.341 bits per heavy atom. The minimum atomic E-state index is -1.51. The van der Waals surface area contributed by atoms with Gasteiger partial charge in [-0.05, 0) is 96.3 Å². The zero-order valence-corrected chi connectivity index (χ0v) is 60.2. The first kappa shape index (κ1) is 87.2. The van der Waals surface area contributed by atoms with Crippen molar-refractivity contribution in [1.82, 2.24) is 0 Å². The van der Waals surface area contributed by atoms with Crippen molar-refractivity contribution < 1.29 is 42.9 Å². The van der Waals surface area contributed by atoms with E-state index in [4.69, 9.17) is 18.9 Å². The molecule has 9 nitrogen and oxygen atoms in total. The van der Waals surface area contributed by atoms with Crippen LogP contribution >= 0.6 is 0 Å². The van der Waals surface area contributed by atoms with Gasteiger partial charge in [-0.15, -0.1) is 0 Å². The van der Waals surface area contributed by atoms with Crippen LogP contribution in [0.25, 0.3) is 0 Å². The molecule has 0 amide bonds. The van der Waals surface area contributed by atoms with Crippen molar-refractivity contribution in [2.24, 2.45) is 0 Å². The predicted octanol–water partition coefficient (Wildman–Crippen LogP) is 24.4. The molecule has 2 unspecified atom stereocenters. The van der Waals surface area contributed by atoms with Gasteiger partial charge in [-0.3, -0.25) is 9.59 Å². The number of esters is 2. The summed E-state index contributed by atoms with van der Waals surface area (Å²) in [7, 11) is 5.99. The van der Waals surface area contributed by atoms with Crippen LogP contribution in [0.15, 0.2) is 97.2 Å². The number of unbranched alkanes of at least 4 members (excludes halogenated alkanes) is 40. The number of carboxylic acid groups (broad SMARTS) is 1. The number of carbonyl (C=O) groups is 3. The van der Waals surface area contributed by atoms with E-state index in [1.165, 1.54) is 238 Å². The molecule has 2 atom stereocenters. The Morgan fingerprint density at radius 3 is 0.945 bits per heavy atom. The number of hydrogen-bond donors (Lipinski definition) is 1. The summed E-state index contributed by atoms with van der Waals surface area (Å²) >= 11 is 0. The van der Waals surface area contributed by atoms with Crippen LogP contribution in [0.1, 0.15) is 348 Å². The van der Waals surface area contributed by atoms with Crippen molar-refractivity contribution in [2.45, 2.75) is 360 Å². The molecule has 0 aromatic carbocycles. The Bertz CT molecular complexity index is 1820. The molecule has 1 N–H and O–H groups in total. The Hall–Kier alpha value is -3.79. The lowest BCUT2D eigenvalue weighted by molar-refractivity contribution is -0.870. The van der Waals surface area contributed by atoms with E-state index in [2.05, 4.69) is 111 Å². The molecular weight excluding hydrogens is 1130 g/mol. The number of rotatable bonds is 71. The second kappa shape index (κ2) is 72.0. The maximum absolute atomic E-state index is 13.0. The molecule has 0 fully saturated rings. The SMILES string of the molecule is CC/C=C\C/C=C\C/C=C\C/C=C\C/C=C\C/C=C\C/C=C\CCCCCCCCCCCCCCCCCC(=O)OC(COC(=O)CCCCCCCCCCCCCCCCCCC/C=C\CCCCCCCCCC)COC(OCC[N+](C)(C)C)C(=O)O. The van der Waals surface area contributed by atoms with Gasteiger partial charge in [0.1, 0.15) is 13.2 Å². The lowest BCUT2D eigenvalue weighted by Gasteiger charge is -2.25. The fourth-order valence-corrected chi connectivity index (χ4v) is 11.0. The average molecular weight is 1270 g/mol. The van der Waals surface area contributed by atoms with Crippen LogP contribution < -0.4 is 0 Å². The van der Waals surface area contributed by atoms with E-state index in [0.717, 1.165) is 83.5 Å². The second-order valence-electron chi connectivity index (χ2n) is 26.9. The molecule has 0 bridgehead atoms. The van der Waals surface area contributed by atoms with Gasteiger partial charge in [0.15, 0.2) is 6.10 Å². The molecule has 0 aliphatic rings. The van der Waals surface area contributed by atoms with Crippen LogP contribution in [0.4, 0.5) is 0 Å². The molecular formula is C82H146NO8+. The van der Waals surface area contributed by atoms with Gasteiger partial charge in [0.2, 0.25) is 0 Å². The first-order valence-corrected chi connectivity index (χ1v) is 38.4. The number of quaternary nitrogens is 1. The Labute approximate surface area is 562 Å². The summed E-state index contributed by atoms with van der Waals surface area (Å²) < 4.78 is 23.0. The number of carboxylic acids is 1. The summed E-state index contributed by atoms with van der Waals surface area (Å²) in [5, 5.41) is 9.77. The van der Waals surface area contributed by atoms with Crippen molar-refractivity contribution >= 4 is 17.9 Å². The number of likely N-dealkylation sites (N-methyl/N-ethyl adjacent to an activating group) is 1. The summed E-state index contributed by atoms with van der Waals surface area (Å²) in [5.74, 6) is -1.99. The predicted molar refractivity (Wildman–Crippen MR) is 392 cm³/mol. The molecule has 0 rings (SSSR count). The minimum Gasteiger partial charge on any atom is -0.477 e. The summed E-state index contributed by atoms with van der Waals surface area (Å²) in [5.41, 5.74) is 0. The van der Waals surface area contributed by atoms with Gasteiger partial charge in [-0.1, -0.05) is 336 Å². The van der Waals surface area contributed by atoms with E-state index >= 15 is 0 Å². The highest BCUT2D eigenvalue weighted by Gasteiger charge is 2.25. The molecule has 0 radical (unpaired) electrons. The third-order valence-corrected chi connectivity index (χ3v) is 16.8. The van der Waals surface area contributed by atoms with Gasteiger partial charge in [0.25, 0.3) is 6.29 Å². The number of ether oxygens (including phenoxy) is 4. The van der Waals surface area contributed by atoms with Gasteiger partial charge in [-0.25, -0.2) is 4.79 Å². The van der Waals surface area contributed by atoms with Crippen molar-refractivity contribution in [1.29, 1.82) is 0 Å². The van der Waals surface area contributed by atoms with E-state index in [0.29, 0.717) is 17.4 Å². The van der Waals surface area contributed by atoms with Crippen LogP contribution in [0.3, 0.4) is 0 Å². The lowest BCUT2D eigenvalue weighted by Crippen LogP contribution is -2.40. The molecule has 0 aromatic rings.